The molecule has 10 nitrogen and oxygen atoms in total. The van der Waals surface area contributed by atoms with Crippen molar-refractivity contribution in [3.8, 4) is 0 Å². The van der Waals surface area contributed by atoms with E-state index in [0.717, 1.165) is 10.6 Å². The third-order valence-corrected chi connectivity index (χ3v) is 3.22. The second-order valence-corrected chi connectivity index (χ2v) is 5.48. The molecule has 0 amide bonds. The standard InChI is InChI=1S/C10H13N2O8P/c1-5-3-12(10(15)11-9(5)14)8-2-6(13)7(20-8)4-19-21(16,17)18/h2-3,7-8,13H,4H2,1H3,(H,11,14,15)(H2,16,17,18)/p-2/t7-,8-/m1/s1. The Hall–Kier alpha value is -1.71. The predicted molar refractivity (Wildman–Crippen MR) is 64.2 cm³/mol. The molecule has 0 saturated carbocycles. The van der Waals surface area contributed by atoms with E-state index >= 15 is 0 Å². The Morgan fingerprint density at radius 1 is 1.52 bits per heavy atom. The van der Waals surface area contributed by atoms with E-state index in [1.54, 1.807) is 0 Å². The molecule has 0 unspecified atom stereocenters. The summed E-state index contributed by atoms with van der Waals surface area (Å²) in [7, 11) is -5.19. The average Bonchev–Trinajstić information content (AvgIpc) is 2.72. The van der Waals surface area contributed by atoms with Gasteiger partial charge in [-0.25, -0.2) is 4.79 Å². The fourth-order valence-corrected chi connectivity index (χ4v) is 2.05. The number of hydrogen-bond acceptors (Lipinski definition) is 8. The van der Waals surface area contributed by atoms with Crippen LogP contribution in [0.2, 0.25) is 0 Å². The summed E-state index contributed by atoms with van der Waals surface area (Å²) in [5.41, 5.74) is -1.07. The van der Waals surface area contributed by atoms with Gasteiger partial charge in [-0.3, -0.25) is 14.3 Å². The first-order valence-electron chi connectivity index (χ1n) is 5.72. The molecule has 0 bridgehead atoms. The van der Waals surface area contributed by atoms with Crippen molar-refractivity contribution in [3.05, 3.63) is 44.4 Å². The molecule has 1 aromatic rings. The molecular formula is C10H11N2O8P-2. The van der Waals surface area contributed by atoms with Crippen LogP contribution in [0.15, 0.2) is 27.6 Å². The van der Waals surface area contributed by atoms with Crippen LogP contribution in [0.4, 0.5) is 0 Å². The van der Waals surface area contributed by atoms with E-state index in [4.69, 9.17) is 4.74 Å². The molecule has 11 heteroatoms. The van der Waals surface area contributed by atoms with Gasteiger partial charge in [0.1, 0.15) is 11.9 Å². The van der Waals surface area contributed by atoms with Crippen molar-refractivity contribution in [1.29, 1.82) is 0 Å². The number of nitrogens with zero attached hydrogens (tertiary/aromatic N) is 1. The number of ether oxygens (including phenoxy) is 1. The van der Waals surface area contributed by atoms with Gasteiger partial charge in [-0.15, -0.1) is 0 Å². The molecule has 2 atom stereocenters. The van der Waals surface area contributed by atoms with Crippen molar-refractivity contribution in [2.24, 2.45) is 0 Å². The quantitative estimate of drug-likeness (QED) is 0.605. The molecule has 1 aliphatic rings. The van der Waals surface area contributed by atoms with E-state index in [1.165, 1.54) is 13.1 Å². The van der Waals surface area contributed by atoms with Gasteiger partial charge in [-0.1, -0.05) is 0 Å². The first kappa shape index (κ1) is 15.7. The third-order valence-electron chi connectivity index (χ3n) is 2.75. The summed E-state index contributed by atoms with van der Waals surface area (Å²) in [5, 5.41) is 9.61. The lowest BCUT2D eigenvalue weighted by atomic mass is 10.3. The lowest BCUT2D eigenvalue weighted by Gasteiger charge is -2.29. The summed E-state index contributed by atoms with van der Waals surface area (Å²) < 4.78 is 20.6. The second-order valence-electron chi connectivity index (χ2n) is 4.33. The number of phosphoric acid groups is 1. The van der Waals surface area contributed by atoms with Crippen LogP contribution in [-0.2, 0) is 13.8 Å². The van der Waals surface area contributed by atoms with Crippen molar-refractivity contribution in [2.45, 2.75) is 19.3 Å². The lowest BCUT2D eigenvalue weighted by Crippen LogP contribution is -2.34. The molecular weight excluding hydrogens is 307 g/mol. The molecule has 0 aliphatic carbocycles. The maximum atomic E-state index is 11.7. The van der Waals surface area contributed by atoms with Crippen molar-refractivity contribution >= 4 is 7.82 Å². The molecule has 21 heavy (non-hydrogen) atoms. The number of aliphatic hydroxyl groups is 1. The summed E-state index contributed by atoms with van der Waals surface area (Å²) in [6, 6.07) is 0. The van der Waals surface area contributed by atoms with Crippen molar-refractivity contribution < 1.29 is 28.7 Å². The number of aromatic nitrogens is 2. The topological polar surface area (TPSA) is 157 Å². The number of aliphatic hydroxyl groups excluding tert-OH is 1. The van der Waals surface area contributed by atoms with Gasteiger partial charge in [-0.05, 0) is 6.92 Å². The van der Waals surface area contributed by atoms with Crippen LogP contribution < -0.4 is 21.0 Å². The molecule has 0 radical (unpaired) electrons. The van der Waals surface area contributed by atoms with Crippen molar-refractivity contribution in [2.75, 3.05) is 6.61 Å². The maximum absolute atomic E-state index is 11.7. The smallest absolute Gasteiger partial charge is 0.330 e. The molecule has 0 spiro atoms. The van der Waals surface area contributed by atoms with Crippen LogP contribution in [-0.4, -0.2) is 27.4 Å². The summed E-state index contributed by atoms with van der Waals surface area (Å²) in [6.07, 6.45) is 0.100. The summed E-state index contributed by atoms with van der Waals surface area (Å²) in [5.74, 6) is -0.385. The van der Waals surface area contributed by atoms with Gasteiger partial charge < -0.3 is 28.7 Å². The Morgan fingerprint density at radius 3 is 2.81 bits per heavy atom. The number of hydrogen-bond donors (Lipinski definition) is 2. The highest BCUT2D eigenvalue weighted by molar-refractivity contribution is 7.43. The van der Waals surface area contributed by atoms with E-state index in [9.17, 15) is 29.0 Å². The van der Waals surface area contributed by atoms with E-state index < -0.39 is 38.0 Å². The monoisotopic (exact) mass is 318 g/mol. The Labute approximate surface area is 117 Å². The SMILES string of the molecule is Cc1cn([C@H]2C=C(O)[C@@H](COP(=O)([O-])[O-])O2)c(=O)[nH]c1=O. The van der Waals surface area contributed by atoms with Gasteiger partial charge in [0.25, 0.3) is 5.56 Å². The summed E-state index contributed by atoms with van der Waals surface area (Å²) in [4.78, 5) is 45.7. The molecule has 2 rings (SSSR count). The Morgan fingerprint density at radius 2 is 2.19 bits per heavy atom. The van der Waals surface area contributed by atoms with E-state index in [1.807, 2.05) is 0 Å². The fourth-order valence-electron chi connectivity index (χ4n) is 1.74. The summed E-state index contributed by atoms with van der Waals surface area (Å²) >= 11 is 0. The van der Waals surface area contributed by atoms with E-state index in [0.29, 0.717) is 0 Å². The first-order chi connectivity index (χ1) is 9.67. The minimum absolute atomic E-state index is 0.245. The molecule has 1 aromatic heterocycles. The molecule has 116 valence electrons. The van der Waals surface area contributed by atoms with Crippen LogP contribution in [0.5, 0.6) is 0 Å². The highest BCUT2D eigenvalue weighted by atomic mass is 31.2. The van der Waals surface area contributed by atoms with Crippen LogP contribution >= 0.6 is 7.82 Å². The first-order valence-corrected chi connectivity index (χ1v) is 7.18. The van der Waals surface area contributed by atoms with Gasteiger partial charge in [0.15, 0.2) is 6.23 Å². The van der Waals surface area contributed by atoms with Crippen LogP contribution in [0.3, 0.4) is 0 Å². The largest absolute Gasteiger partial charge is 0.790 e. The Kier molecular flexibility index (Phi) is 4.17. The molecule has 2 heterocycles. The van der Waals surface area contributed by atoms with Crippen LogP contribution in [0.25, 0.3) is 0 Å². The molecule has 1 aliphatic heterocycles. The minimum atomic E-state index is -5.19. The number of rotatable bonds is 4. The number of phosphoric ester groups is 1. The fraction of sp³-hybridized carbons (Fsp3) is 0.400. The molecule has 0 saturated heterocycles. The van der Waals surface area contributed by atoms with Gasteiger partial charge in [0, 0.05) is 17.8 Å². The van der Waals surface area contributed by atoms with Gasteiger partial charge in [0.05, 0.1) is 14.4 Å². The number of nitrogens with one attached hydrogen (secondary N) is 1. The zero-order valence-electron chi connectivity index (χ0n) is 10.7. The summed E-state index contributed by atoms with van der Waals surface area (Å²) in [6.45, 7) is 0.763. The van der Waals surface area contributed by atoms with Gasteiger partial charge in [-0.2, -0.15) is 0 Å². The molecule has 0 aromatic carbocycles. The van der Waals surface area contributed by atoms with E-state index in [-0.39, 0.29) is 11.3 Å². The molecule has 2 N–H and O–H groups in total. The highest BCUT2D eigenvalue weighted by Gasteiger charge is 2.29. The lowest BCUT2D eigenvalue weighted by molar-refractivity contribution is -0.342. The van der Waals surface area contributed by atoms with Crippen LogP contribution in [0, 0.1) is 6.92 Å². The zero-order chi connectivity index (χ0) is 15.8. The predicted octanol–water partition coefficient (Wildman–Crippen LogP) is -1.97. The number of aromatic amines is 1. The van der Waals surface area contributed by atoms with Gasteiger partial charge in [0.2, 0.25) is 0 Å². The Balaban J connectivity index is 2.18. The van der Waals surface area contributed by atoms with Crippen LogP contribution in [0.1, 0.15) is 11.8 Å². The van der Waals surface area contributed by atoms with E-state index in [2.05, 4.69) is 9.51 Å². The van der Waals surface area contributed by atoms with Crippen molar-refractivity contribution in [3.63, 3.8) is 0 Å². The Bertz CT molecular complexity index is 729. The average molecular weight is 318 g/mol. The number of aryl methyl sites for hydroxylation is 1. The van der Waals surface area contributed by atoms with Gasteiger partial charge >= 0.3 is 5.69 Å². The second kappa shape index (κ2) is 5.58. The normalized spacial score (nSPS) is 22.3. The zero-order valence-corrected chi connectivity index (χ0v) is 11.6. The third kappa shape index (κ3) is 3.69. The molecule has 0 fully saturated rings. The maximum Gasteiger partial charge on any atom is 0.330 e. The highest BCUT2D eigenvalue weighted by Crippen LogP contribution is 2.30. The minimum Gasteiger partial charge on any atom is -0.790 e. The van der Waals surface area contributed by atoms with Crippen molar-refractivity contribution in [1.82, 2.24) is 9.55 Å². The number of H-pyrrole nitrogens is 1.